The van der Waals surface area contributed by atoms with Gasteiger partial charge in [-0.05, 0) is 53.2 Å². The van der Waals surface area contributed by atoms with Crippen molar-refractivity contribution in [1.29, 1.82) is 0 Å². The van der Waals surface area contributed by atoms with Gasteiger partial charge in [0.25, 0.3) is 5.91 Å². The third-order valence-electron chi connectivity index (χ3n) is 4.50. The van der Waals surface area contributed by atoms with Crippen LogP contribution in [0.25, 0.3) is 6.08 Å². The van der Waals surface area contributed by atoms with Gasteiger partial charge in [0, 0.05) is 5.02 Å². The van der Waals surface area contributed by atoms with Crippen LogP contribution in [0.5, 0.6) is 0 Å². The quantitative estimate of drug-likeness (QED) is 0.748. The van der Waals surface area contributed by atoms with E-state index in [1.165, 1.54) is 11.1 Å². The number of hydrazone groups is 1. The van der Waals surface area contributed by atoms with E-state index in [0.29, 0.717) is 12.0 Å². The van der Waals surface area contributed by atoms with Crippen molar-refractivity contribution in [3.05, 3.63) is 75.8 Å². The van der Waals surface area contributed by atoms with Crippen LogP contribution in [-0.4, -0.2) is 11.6 Å². The van der Waals surface area contributed by atoms with E-state index in [-0.39, 0.29) is 11.3 Å². The van der Waals surface area contributed by atoms with E-state index in [4.69, 9.17) is 11.6 Å². The molecule has 4 heteroatoms. The first kappa shape index (κ1) is 18.4. The predicted molar refractivity (Wildman–Crippen MR) is 108 cm³/mol. The number of nitrogens with one attached hydrogen (secondary N) is 1. The summed E-state index contributed by atoms with van der Waals surface area (Å²) in [6.07, 6.45) is 3.42. The lowest BCUT2D eigenvalue weighted by molar-refractivity contribution is -0.116. The van der Waals surface area contributed by atoms with Crippen molar-refractivity contribution in [3.63, 3.8) is 0 Å². The van der Waals surface area contributed by atoms with Gasteiger partial charge in [0.1, 0.15) is 0 Å². The highest BCUT2D eigenvalue weighted by Crippen LogP contribution is 2.23. The maximum atomic E-state index is 12.2. The smallest absolute Gasteiger partial charge is 0.267 e. The largest absolute Gasteiger partial charge is 0.273 e. The van der Waals surface area contributed by atoms with Gasteiger partial charge >= 0.3 is 0 Å². The van der Waals surface area contributed by atoms with Gasteiger partial charge in [0.05, 0.1) is 11.3 Å². The lowest BCUT2D eigenvalue weighted by atomic mass is 9.86. The molecule has 3 rings (SSSR count). The minimum absolute atomic E-state index is 0.113. The normalized spacial score (nSPS) is 15.9. The molecule has 1 aliphatic heterocycles. The van der Waals surface area contributed by atoms with Crippen LogP contribution in [0.1, 0.15) is 43.9 Å². The first-order valence-corrected chi connectivity index (χ1v) is 9.15. The van der Waals surface area contributed by atoms with E-state index in [9.17, 15) is 4.79 Å². The fourth-order valence-electron chi connectivity index (χ4n) is 2.87. The summed E-state index contributed by atoms with van der Waals surface area (Å²) in [6.45, 7) is 6.56. The van der Waals surface area contributed by atoms with E-state index >= 15 is 0 Å². The second-order valence-corrected chi connectivity index (χ2v) is 7.99. The molecule has 0 fully saturated rings. The van der Waals surface area contributed by atoms with Gasteiger partial charge in [-0.1, -0.05) is 68.8 Å². The minimum Gasteiger partial charge on any atom is -0.267 e. The Kier molecular flexibility index (Phi) is 5.28. The highest BCUT2D eigenvalue weighted by Gasteiger charge is 2.22. The highest BCUT2D eigenvalue weighted by atomic mass is 35.5. The lowest BCUT2D eigenvalue weighted by Gasteiger charge is -2.18. The van der Waals surface area contributed by atoms with E-state index < -0.39 is 0 Å². The molecule has 1 amide bonds. The number of hydrogen-bond donors (Lipinski definition) is 1. The molecule has 0 saturated heterocycles. The van der Waals surface area contributed by atoms with E-state index in [0.717, 1.165) is 22.7 Å². The number of benzene rings is 2. The summed E-state index contributed by atoms with van der Waals surface area (Å²) in [6, 6.07) is 16.1. The summed E-state index contributed by atoms with van der Waals surface area (Å²) in [5, 5.41) is 4.93. The third-order valence-corrected chi connectivity index (χ3v) is 4.75. The zero-order valence-electron chi connectivity index (χ0n) is 15.3. The number of rotatable bonds is 4. The summed E-state index contributed by atoms with van der Waals surface area (Å²) >= 11 is 5.92. The number of amides is 1. The molecule has 134 valence electrons. The maximum absolute atomic E-state index is 12.2. The molecule has 0 aliphatic carbocycles. The van der Waals surface area contributed by atoms with Crippen LogP contribution in [0, 0.1) is 0 Å². The number of nitrogens with zero attached hydrogens (tertiary/aromatic N) is 1. The average Bonchev–Trinajstić information content (AvgIpc) is 2.94. The van der Waals surface area contributed by atoms with Crippen molar-refractivity contribution >= 4 is 29.3 Å². The van der Waals surface area contributed by atoms with Crippen LogP contribution in [0.15, 0.2) is 59.2 Å². The molecular formula is C22H23ClN2O. The first-order valence-electron chi connectivity index (χ1n) is 8.77. The van der Waals surface area contributed by atoms with Gasteiger partial charge in [-0.3, -0.25) is 4.79 Å². The molecule has 26 heavy (non-hydrogen) atoms. The molecule has 2 aromatic rings. The zero-order valence-corrected chi connectivity index (χ0v) is 16.1. The summed E-state index contributed by atoms with van der Waals surface area (Å²) in [5.74, 6) is -0.143. The summed E-state index contributed by atoms with van der Waals surface area (Å²) in [7, 11) is 0. The fraction of sp³-hybridized carbons (Fsp3) is 0.273. The Morgan fingerprint density at radius 2 is 1.65 bits per heavy atom. The van der Waals surface area contributed by atoms with Crippen LogP contribution < -0.4 is 5.43 Å². The van der Waals surface area contributed by atoms with Gasteiger partial charge in [-0.15, -0.1) is 0 Å². The van der Waals surface area contributed by atoms with Crippen LogP contribution in [0.2, 0.25) is 5.02 Å². The van der Waals surface area contributed by atoms with E-state index in [2.05, 4.69) is 55.6 Å². The Bertz CT molecular complexity index is 857. The van der Waals surface area contributed by atoms with Crippen molar-refractivity contribution < 1.29 is 4.79 Å². The zero-order chi connectivity index (χ0) is 18.7. The number of halogens is 1. The van der Waals surface area contributed by atoms with Gasteiger partial charge in [0.2, 0.25) is 0 Å². The monoisotopic (exact) mass is 366 g/mol. The van der Waals surface area contributed by atoms with Crippen molar-refractivity contribution in [2.45, 2.75) is 39.0 Å². The molecule has 0 radical (unpaired) electrons. The van der Waals surface area contributed by atoms with Crippen molar-refractivity contribution in [2.24, 2.45) is 5.10 Å². The third kappa shape index (κ3) is 4.41. The maximum Gasteiger partial charge on any atom is 0.273 e. The average molecular weight is 367 g/mol. The summed E-state index contributed by atoms with van der Waals surface area (Å²) in [4.78, 5) is 12.2. The molecule has 3 nitrogen and oxygen atoms in total. The highest BCUT2D eigenvalue weighted by molar-refractivity contribution is 6.30. The Labute approximate surface area is 159 Å². The molecular weight excluding hydrogens is 344 g/mol. The molecule has 0 atom stereocenters. The Morgan fingerprint density at radius 3 is 2.27 bits per heavy atom. The molecule has 0 aromatic heterocycles. The lowest BCUT2D eigenvalue weighted by Crippen LogP contribution is -2.13. The molecule has 1 heterocycles. The molecule has 2 aromatic carbocycles. The second kappa shape index (κ2) is 7.46. The minimum atomic E-state index is -0.143. The predicted octanol–water partition coefficient (Wildman–Crippen LogP) is 5.14. The molecule has 0 spiro atoms. The van der Waals surface area contributed by atoms with Gasteiger partial charge in [-0.2, -0.15) is 5.10 Å². The van der Waals surface area contributed by atoms with Crippen LogP contribution in [-0.2, 0) is 16.6 Å². The number of carbonyl (C=O) groups excluding carboxylic acids is 1. The second-order valence-electron chi connectivity index (χ2n) is 7.56. The topological polar surface area (TPSA) is 41.5 Å². The molecule has 0 unspecified atom stereocenters. The van der Waals surface area contributed by atoms with Crippen molar-refractivity contribution in [3.8, 4) is 0 Å². The Balaban J connectivity index is 1.74. The van der Waals surface area contributed by atoms with E-state index in [1.807, 2.05) is 30.3 Å². The summed E-state index contributed by atoms with van der Waals surface area (Å²) in [5.41, 5.74) is 7.58. The van der Waals surface area contributed by atoms with Crippen molar-refractivity contribution in [1.82, 2.24) is 5.43 Å². The Hall–Kier alpha value is -2.39. The summed E-state index contributed by atoms with van der Waals surface area (Å²) < 4.78 is 0. The molecule has 0 saturated carbocycles. The molecule has 1 N–H and O–H groups in total. The van der Waals surface area contributed by atoms with Gasteiger partial charge in [0.15, 0.2) is 0 Å². The number of hydrogen-bond acceptors (Lipinski definition) is 2. The fourth-order valence-corrected chi connectivity index (χ4v) is 2.99. The first-order chi connectivity index (χ1) is 12.3. The Morgan fingerprint density at radius 1 is 1.00 bits per heavy atom. The van der Waals surface area contributed by atoms with E-state index in [1.54, 1.807) is 0 Å². The molecule has 1 aliphatic rings. The van der Waals surface area contributed by atoms with Crippen LogP contribution in [0.4, 0.5) is 0 Å². The van der Waals surface area contributed by atoms with Crippen LogP contribution in [0.3, 0.4) is 0 Å². The standard InChI is InChI=1S/C22H23ClN2O/c1-22(2,3)17-9-4-16(5-10-17)14-19-20(24-25-21(19)26)13-8-15-6-11-18(23)12-7-15/h4-7,9-12,14H,8,13H2,1-3H3,(H,25,26)/b19-14-. The van der Waals surface area contributed by atoms with Crippen molar-refractivity contribution in [2.75, 3.05) is 0 Å². The SMILES string of the molecule is CC(C)(C)c1ccc(/C=C2\C(=O)NN=C2CCc2ccc(Cl)cc2)cc1. The number of aryl methyl sites for hydroxylation is 1. The van der Waals surface area contributed by atoms with Gasteiger partial charge < -0.3 is 0 Å². The molecule has 0 bridgehead atoms. The van der Waals surface area contributed by atoms with Gasteiger partial charge in [-0.25, -0.2) is 5.43 Å². The van der Waals surface area contributed by atoms with Crippen LogP contribution >= 0.6 is 11.6 Å². The number of carbonyl (C=O) groups is 1.